The molecule has 2 saturated heterocycles. The van der Waals surface area contributed by atoms with E-state index in [9.17, 15) is 9.59 Å². The van der Waals surface area contributed by atoms with E-state index in [4.69, 9.17) is 0 Å². The van der Waals surface area contributed by atoms with E-state index in [-0.39, 0.29) is 49.0 Å². The number of likely N-dealkylation sites (tertiary alicyclic amines) is 2. The number of hydrogen-bond donors (Lipinski definition) is 0. The van der Waals surface area contributed by atoms with Gasteiger partial charge in [0.1, 0.15) is 0 Å². The lowest BCUT2D eigenvalue weighted by Gasteiger charge is -2.67. The van der Waals surface area contributed by atoms with Crippen LogP contribution in [0.15, 0.2) is 0 Å². The SMILES string of the molecule is CCC(C)(C)CN1C(=O)C(C)(C)C(C)(C)C(C)(C)C1(C)C.CCC(C)(C)CN1C(=O)C(C)(C)C(C)(C)C1(C)C. The lowest BCUT2D eigenvalue weighted by Crippen LogP contribution is -2.73. The van der Waals surface area contributed by atoms with E-state index in [0.717, 1.165) is 25.9 Å². The molecule has 0 radical (unpaired) electrons. The molecule has 2 heterocycles. The fourth-order valence-electron chi connectivity index (χ4n) is 6.32. The van der Waals surface area contributed by atoms with Crippen LogP contribution in [0.5, 0.6) is 0 Å². The molecule has 0 bridgehead atoms. The molecule has 2 aliphatic heterocycles. The van der Waals surface area contributed by atoms with Gasteiger partial charge in [0.05, 0.1) is 5.41 Å². The summed E-state index contributed by atoms with van der Waals surface area (Å²) in [6, 6.07) is 0. The van der Waals surface area contributed by atoms with Crippen LogP contribution in [0.4, 0.5) is 0 Å². The van der Waals surface area contributed by atoms with Crippen molar-refractivity contribution in [3.8, 4) is 0 Å². The van der Waals surface area contributed by atoms with Crippen LogP contribution in [-0.2, 0) is 9.59 Å². The first kappa shape index (κ1) is 36.0. The molecule has 0 spiro atoms. The minimum Gasteiger partial charge on any atom is -0.336 e. The van der Waals surface area contributed by atoms with Crippen molar-refractivity contribution in [2.45, 2.75) is 162 Å². The van der Waals surface area contributed by atoms with Gasteiger partial charge >= 0.3 is 0 Å². The number of amides is 2. The number of piperidine rings is 1. The molecule has 2 aliphatic rings. The van der Waals surface area contributed by atoms with Crippen molar-refractivity contribution < 1.29 is 9.59 Å². The van der Waals surface area contributed by atoms with Gasteiger partial charge in [-0.05, 0) is 62.2 Å². The topological polar surface area (TPSA) is 40.6 Å². The summed E-state index contributed by atoms with van der Waals surface area (Å²) >= 11 is 0. The second kappa shape index (κ2) is 10.0. The van der Waals surface area contributed by atoms with Crippen molar-refractivity contribution in [2.75, 3.05) is 13.1 Å². The molecule has 0 saturated carbocycles. The van der Waals surface area contributed by atoms with Gasteiger partial charge < -0.3 is 9.80 Å². The highest BCUT2D eigenvalue weighted by molar-refractivity contribution is 5.87. The highest BCUT2D eigenvalue weighted by Gasteiger charge is 2.66. The van der Waals surface area contributed by atoms with E-state index in [2.05, 4.69) is 148 Å². The minimum absolute atomic E-state index is 0.0269. The molecule has 4 nitrogen and oxygen atoms in total. The van der Waals surface area contributed by atoms with Crippen LogP contribution in [0.25, 0.3) is 0 Å². The predicted molar refractivity (Wildman–Crippen MR) is 169 cm³/mol. The molecule has 0 atom stereocenters. The lowest BCUT2D eigenvalue weighted by atomic mass is 9.46. The minimum atomic E-state index is -0.351. The van der Waals surface area contributed by atoms with E-state index >= 15 is 0 Å². The van der Waals surface area contributed by atoms with E-state index in [1.165, 1.54) is 0 Å². The van der Waals surface area contributed by atoms with Gasteiger partial charge in [-0.25, -0.2) is 0 Å². The van der Waals surface area contributed by atoms with Crippen molar-refractivity contribution >= 4 is 11.8 Å². The Labute approximate surface area is 244 Å². The Bertz CT molecular complexity index is 928. The second-order valence-corrected chi connectivity index (χ2v) is 18.1. The summed E-state index contributed by atoms with van der Waals surface area (Å²) in [5.74, 6) is 0.609. The predicted octanol–water partition coefficient (Wildman–Crippen LogP) is 9.22. The normalized spacial score (nSPS) is 26.3. The molecule has 0 aromatic carbocycles. The highest BCUT2D eigenvalue weighted by Crippen LogP contribution is 2.62. The largest absolute Gasteiger partial charge is 0.336 e. The van der Waals surface area contributed by atoms with Crippen molar-refractivity contribution in [3.05, 3.63) is 0 Å². The van der Waals surface area contributed by atoms with Crippen molar-refractivity contribution in [3.63, 3.8) is 0 Å². The zero-order valence-electron chi connectivity index (χ0n) is 30.0. The van der Waals surface area contributed by atoms with Crippen molar-refractivity contribution in [1.29, 1.82) is 0 Å². The maximum atomic E-state index is 13.3. The van der Waals surface area contributed by atoms with Gasteiger partial charge in [0, 0.05) is 35.0 Å². The molecule has 0 unspecified atom stereocenters. The maximum absolute atomic E-state index is 13.3. The Kier molecular flexibility index (Phi) is 9.26. The number of nitrogens with zero attached hydrogens (tertiary/aromatic N) is 2. The van der Waals surface area contributed by atoms with Gasteiger partial charge in [0.25, 0.3) is 0 Å². The fourth-order valence-corrected chi connectivity index (χ4v) is 6.32. The number of rotatable bonds is 6. The summed E-state index contributed by atoms with van der Waals surface area (Å²) < 4.78 is 0. The highest BCUT2D eigenvalue weighted by atomic mass is 16.2. The molecule has 2 rings (SSSR count). The Hall–Kier alpha value is -1.06. The third-order valence-corrected chi connectivity index (χ3v) is 13.7. The summed E-state index contributed by atoms with van der Waals surface area (Å²) in [4.78, 5) is 30.4. The van der Waals surface area contributed by atoms with E-state index < -0.39 is 0 Å². The number of hydrogen-bond acceptors (Lipinski definition) is 2. The van der Waals surface area contributed by atoms with Crippen LogP contribution >= 0.6 is 0 Å². The Morgan fingerprint density at radius 2 is 0.744 bits per heavy atom. The molecule has 0 aromatic heterocycles. The van der Waals surface area contributed by atoms with E-state index in [1.54, 1.807) is 0 Å². The Morgan fingerprint density at radius 1 is 0.487 bits per heavy atom. The van der Waals surface area contributed by atoms with Crippen LogP contribution in [0.1, 0.15) is 151 Å². The third kappa shape index (κ3) is 5.33. The molecule has 4 heteroatoms. The molecule has 2 fully saturated rings. The van der Waals surface area contributed by atoms with Crippen LogP contribution in [0, 0.1) is 37.9 Å². The molecule has 39 heavy (non-hydrogen) atoms. The van der Waals surface area contributed by atoms with Gasteiger partial charge in [-0.15, -0.1) is 0 Å². The molecule has 0 aliphatic carbocycles. The van der Waals surface area contributed by atoms with Gasteiger partial charge in [0.15, 0.2) is 0 Å². The quantitative estimate of drug-likeness (QED) is 0.332. The lowest BCUT2D eigenvalue weighted by molar-refractivity contribution is -0.202. The van der Waals surface area contributed by atoms with Gasteiger partial charge in [0.2, 0.25) is 11.8 Å². The monoisotopic (exact) mass is 549 g/mol. The Morgan fingerprint density at radius 3 is 0.974 bits per heavy atom. The molecular formula is C35H68N2O2. The van der Waals surface area contributed by atoms with E-state index in [1.807, 2.05) is 0 Å². The van der Waals surface area contributed by atoms with E-state index in [0.29, 0.717) is 11.8 Å². The zero-order valence-corrected chi connectivity index (χ0v) is 30.0. The summed E-state index contributed by atoms with van der Waals surface area (Å²) in [6.07, 6.45) is 2.17. The third-order valence-electron chi connectivity index (χ3n) is 13.7. The van der Waals surface area contributed by atoms with Gasteiger partial charge in [-0.1, -0.05) is 111 Å². The van der Waals surface area contributed by atoms with Crippen LogP contribution in [0.2, 0.25) is 0 Å². The van der Waals surface area contributed by atoms with Crippen molar-refractivity contribution in [1.82, 2.24) is 9.80 Å². The van der Waals surface area contributed by atoms with Crippen LogP contribution < -0.4 is 0 Å². The number of carbonyl (C=O) groups is 2. The molecular weight excluding hydrogens is 480 g/mol. The maximum Gasteiger partial charge on any atom is 0.229 e. The summed E-state index contributed by atoms with van der Waals surface area (Å²) in [5.41, 5.74) is -0.620. The van der Waals surface area contributed by atoms with Gasteiger partial charge in [-0.2, -0.15) is 0 Å². The molecule has 2 amide bonds. The Balaban J connectivity index is 0.000000395. The average molecular weight is 549 g/mol. The second-order valence-electron chi connectivity index (χ2n) is 18.1. The molecule has 230 valence electrons. The summed E-state index contributed by atoms with van der Waals surface area (Å²) in [6.45, 7) is 46.1. The fraction of sp³-hybridized carbons (Fsp3) is 0.943. The number of carbonyl (C=O) groups excluding carboxylic acids is 2. The standard InChI is InChI=1S/C19H37NO.C16H31NO/c1-12-15(2,3)13-20-14(21)16(4,5)17(6,7)18(8,9)19(20,10)11;1-10-13(2,3)11-17-12(18)14(4,5)15(6,7)16(17,8)9/h12-13H2,1-11H3;10-11H2,1-9H3. The average Bonchev–Trinajstić information content (AvgIpc) is 2.86. The molecule has 0 aromatic rings. The van der Waals surface area contributed by atoms with Crippen LogP contribution in [-0.4, -0.2) is 45.8 Å². The first-order valence-electron chi connectivity index (χ1n) is 15.5. The summed E-state index contributed by atoms with van der Waals surface area (Å²) in [7, 11) is 0. The smallest absolute Gasteiger partial charge is 0.229 e. The van der Waals surface area contributed by atoms with Crippen LogP contribution in [0.3, 0.4) is 0 Å². The zero-order chi connectivity index (χ0) is 31.6. The first-order valence-corrected chi connectivity index (χ1v) is 15.5. The van der Waals surface area contributed by atoms with Gasteiger partial charge in [-0.3, -0.25) is 9.59 Å². The molecule has 0 N–H and O–H groups in total. The summed E-state index contributed by atoms with van der Waals surface area (Å²) in [5, 5.41) is 0. The van der Waals surface area contributed by atoms with Crippen molar-refractivity contribution in [2.24, 2.45) is 37.9 Å². The first-order chi connectivity index (χ1) is 16.9.